The number of hydrogen-bond donors (Lipinski definition) is 1. The van der Waals surface area contributed by atoms with Crippen molar-refractivity contribution in [1.82, 2.24) is 5.32 Å². The Labute approximate surface area is 202 Å². The third-order valence-electron chi connectivity index (χ3n) is 7.46. The second-order valence-electron chi connectivity index (χ2n) is 9.63. The highest BCUT2D eigenvalue weighted by Crippen LogP contribution is 2.55. The molecule has 6 heteroatoms. The molecule has 4 saturated carbocycles. The third kappa shape index (κ3) is 4.46. The van der Waals surface area contributed by atoms with Crippen LogP contribution in [-0.4, -0.2) is 12.6 Å². The second kappa shape index (κ2) is 8.78. The summed E-state index contributed by atoms with van der Waals surface area (Å²) in [4.78, 5) is 0. The normalized spacial score (nSPS) is 28.7. The van der Waals surface area contributed by atoms with Gasteiger partial charge in [-0.1, -0.05) is 45.2 Å². The minimum Gasteiger partial charge on any atom is -0.493 e. The first-order chi connectivity index (χ1) is 14.9. The van der Waals surface area contributed by atoms with Gasteiger partial charge in [0.25, 0.3) is 0 Å². The SMILES string of the molecule is COc1cc(CNC23CC4CC(CC(C4)C2)C3)c(Br)cc1OCc1c(Cl)cccc1Cl. The van der Waals surface area contributed by atoms with Crippen molar-refractivity contribution in [3.8, 4) is 11.5 Å². The predicted molar refractivity (Wildman–Crippen MR) is 129 cm³/mol. The van der Waals surface area contributed by atoms with Crippen LogP contribution in [0.2, 0.25) is 10.0 Å². The molecule has 0 atom stereocenters. The second-order valence-corrected chi connectivity index (χ2v) is 11.3. The van der Waals surface area contributed by atoms with Crippen LogP contribution < -0.4 is 14.8 Å². The van der Waals surface area contributed by atoms with Crippen molar-refractivity contribution in [2.75, 3.05) is 7.11 Å². The smallest absolute Gasteiger partial charge is 0.162 e. The van der Waals surface area contributed by atoms with E-state index in [2.05, 4.69) is 27.3 Å². The molecule has 0 unspecified atom stereocenters. The molecule has 6 rings (SSSR count). The van der Waals surface area contributed by atoms with E-state index >= 15 is 0 Å². The van der Waals surface area contributed by atoms with E-state index in [-0.39, 0.29) is 6.61 Å². The Kier molecular flexibility index (Phi) is 6.19. The van der Waals surface area contributed by atoms with Crippen LogP contribution >= 0.6 is 39.1 Å². The first kappa shape index (κ1) is 21.9. The van der Waals surface area contributed by atoms with Gasteiger partial charge in [-0.3, -0.25) is 0 Å². The first-order valence-electron chi connectivity index (χ1n) is 11.1. The van der Waals surface area contributed by atoms with Crippen LogP contribution in [0.25, 0.3) is 0 Å². The maximum Gasteiger partial charge on any atom is 0.162 e. The molecular formula is C25H28BrCl2NO2. The van der Waals surface area contributed by atoms with Crippen LogP contribution in [0.1, 0.15) is 49.7 Å². The maximum atomic E-state index is 6.28. The van der Waals surface area contributed by atoms with Crippen LogP contribution in [0.4, 0.5) is 0 Å². The summed E-state index contributed by atoms with van der Waals surface area (Å²) in [5, 5.41) is 5.16. The van der Waals surface area contributed by atoms with E-state index in [1.807, 2.05) is 24.3 Å². The number of methoxy groups -OCH3 is 1. The highest BCUT2D eigenvalue weighted by atomic mass is 79.9. The van der Waals surface area contributed by atoms with Crippen molar-refractivity contribution >= 4 is 39.1 Å². The Morgan fingerprint density at radius 1 is 1.00 bits per heavy atom. The van der Waals surface area contributed by atoms with Gasteiger partial charge in [0.2, 0.25) is 0 Å². The van der Waals surface area contributed by atoms with Gasteiger partial charge in [-0.2, -0.15) is 0 Å². The van der Waals surface area contributed by atoms with Crippen LogP contribution in [0.15, 0.2) is 34.8 Å². The van der Waals surface area contributed by atoms with E-state index in [1.54, 1.807) is 7.11 Å². The van der Waals surface area contributed by atoms with E-state index in [9.17, 15) is 0 Å². The molecule has 4 aliphatic rings. The molecule has 3 nitrogen and oxygen atoms in total. The summed E-state index contributed by atoms with van der Waals surface area (Å²) in [5.74, 6) is 4.19. The summed E-state index contributed by atoms with van der Waals surface area (Å²) in [5.41, 5.74) is 2.30. The zero-order valence-electron chi connectivity index (χ0n) is 17.7. The van der Waals surface area contributed by atoms with Crippen molar-refractivity contribution in [2.24, 2.45) is 17.8 Å². The molecule has 0 amide bonds. The molecule has 2 aromatic carbocycles. The van der Waals surface area contributed by atoms with Gasteiger partial charge in [0, 0.05) is 32.2 Å². The molecule has 166 valence electrons. The molecule has 0 spiro atoms. The first-order valence-corrected chi connectivity index (χ1v) is 12.7. The van der Waals surface area contributed by atoms with Gasteiger partial charge in [-0.15, -0.1) is 0 Å². The molecule has 1 N–H and O–H groups in total. The molecule has 31 heavy (non-hydrogen) atoms. The summed E-state index contributed by atoms with van der Waals surface area (Å²) >= 11 is 16.3. The highest BCUT2D eigenvalue weighted by Gasteiger charge is 2.50. The Morgan fingerprint density at radius 3 is 2.19 bits per heavy atom. The molecule has 4 fully saturated rings. The van der Waals surface area contributed by atoms with E-state index in [0.717, 1.165) is 34.3 Å². The van der Waals surface area contributed by atoms with E-state index < -0.39 is 0 Å². The van der Waals surface area contributed by atoms with Gasteiger partial charge in [0.15, 0.2) is 11.5 Å². The van der Waals surface area contributed by atoms with Crippen molar-refractivity contribution in [3.63, 3.8) is 0 Å². The van der Waals surface area contributed by atoms with E-state index in [1.165, 1.54) is 44.1 Å². The molecule has 2 aromatic rings. The zero-order chi connectivity index (χ0) is 21.6. The van der Waals surface area contributed by atoms with Crippen LogP contribution in [0.3, 0.4) is 0 Å². The summed E-state index contributed by atoms with van der Waals surface area (Å²) in [7, 11) is 1.68. The number of nitrogens with one attached hydrogen (secondary N) is 1. The van der Waals surface area contributed by atoms with Gasteiger partial charge in [-0.25, -0.2) is 0 Å². The number of benzene rings is 2. The molecular weight excluding hydrogens is 497 g/mol. The highest BCUT2D eigenvalue weighted by molar-refractivity contribution is 9.10. The molecule has 0 heterocycles. The summed E-state index contributed by atoms with van der Waals surface area (Å²) in [6.07, 6.45) is 8.40. The summed E-state index contributed by atoms with van der Waals surface area (Å²) < 4.78 is 12.7. The molecule has 0 aromatic heterocycles. The Morgan fingerprint density at radius 2 is 1.61 bits per heavy atom. The van der Waals surface area contributed by atoms with Crippen molar-refractivity contribution < 1.29 is 9.47 Å². The fraction of sp³-hybridized carbons (Fsp3) is 0.520. The Hall–Kier alpha value is -0.940. The average molecular weight is 525 g/mol. The van der Waals surface area contributed by atoms with Gasteiger partial charge >= 0.3 is 0 Å². The molecule has 0 aliphatic heterocycles. The number of hydrogen-bond acceptors (Lipinski definition) is 3. The maximum absolute atomic E-state index is 6.28. The molecule has 0 saturated heterocycles. The lowest BCUT2D eigenvalue weighted by Crippen LogP contribution is -2.58. The summed E-state index contributed by atoms with van der Waals surface area (Å²) in [6.45, 7) is 1.12. The number of ether oxygens (including phenoxy) is 2. The lowest BCUT2D eigenvalue weighted by atomic mass is 9.53. The fourth-order valence-corrected chi connectivity index (χ4v) is 7.38. The largest absolute Gasteiger partial charge is 0.493 e. The third-order valence-corrected chi connectivity index (χ3v) is 8.90. The monoisotopic (exact) mass is 523 g/mol. The number of halogens is 3. The van der Waals surface area contributed by atoms with Crippen molar-refractivity contribution in [1.29, 1.82) is 0 Å². The lowest BCUT2D eigenvalue weighted by molar-refractivity contribution is -0.0206. The van der Waals surface area contributed by atoms with Crippen LogP contribution in [0, 0.1) is 17.8 Å². The van der Waals surface area contributed by atoms with Gasteiger partial charge < -0.3 is 14.8 Å². The molecule has 4 aliphatic carbocycles. The van der Waals surface area contributed by atoms with Crippen LogP contribution in [0.5, 0.6) is 11.5 Å². The molecule has 4 bridgehead atoms. The minimum atomic E-state index is 0.284. The van der Waals surface area contributed by atoms with Crippen molar-refractivity contribution in [3.05, 3.63) is 56.0 Å². The van der Waals surface area contributed by atoms with E-state index in [4.69, 9.17) is 32.7 Å². The lowest BCUT2D eigenvalue weighted by Gasteiger charge is -2.57. The van der Waals surface area contributed by atoms with Crippen molar-refractivity contribution in [2.45, 2.75) is 57.2 Å². The Bertz CT molecular complexity index is 925. The fourth-order valence-electron chi connectivity index (χ4n) is 6.42. The minimum absolute atomic E-state index is 0.284. The van der Waals surface area contributed by atoms with Crippen LogP contribution in [-0.2, 0) is 13.2 Å². The average Bonchev–Trinajstić information content (AvgIpc) is 2.72. The predicted octanol–water partition coefficient (Wildman–Crippen LogP) is 7.40. The summed E-state index contributed by atoms with van der Waals surface area (Å²) in [6, 6.07) is 9.52. The molecule has 0 radical (unpaired) electrons. The van der Waals surface area contributed by atoms with Gasteiger partial charge in [-0.05, 0) is 86.1 Å². The standard InChI is InChI=1S/C25H28BrCl2NO2/c1-30-23-8-18(13-29-25-10-15-5-16(11-25)7-17(6-15)12-25)20(26)9-24(23)31-14-19-21(27)3-2-4-22(19)28/h2-4,8-9,15-17,29H,5-7,10-14H2,1H3. The van der Waals surface area contributed by atoms with Gasteiger partial charge in [0.05, 0.1) is 7.11 Å². The number of rotatable bonds is 7. The van der Waals surface area contributed by atoms with E-state index in [0.29, 0.717) is 27.1 Å². The Balaban J connectivity index is 1.30. The zero-order valence-corrected chi connectivity index (χ0v) is 20.8. The quantitative estimate of drug-likeness (QED) is 0.409. The topological polar surface area (TPSA) is 30.5 Å². The van der Waals surface area contributed by atoms with Gasteiger partial charge in [0.1, 0.15) is 6.61 Å².